The van der Waals surface area contributed by atoms with Gasteiger partial charge in [0.15, 0.2) is 5.78 Å². The number of amides is 1. The summed E-state index contributed by atoms with van der Waals surface area (Å²) >= 11 is 0. The van der Waals surface area contributed by atoms with Crippen molar-refractivity contribution >= 4 is 11.9 Å². The number of ether oxygens (including phenoxy) is 1. The van der Waals surface area contributed by atoms with E-state index in [1.807, 2.05) is 37.3 Å². The van der Waals surface area contributed by atoms with Crippen molar-refractivity contribution in [1.82, 2.24) is 5.32 Å². The topological polar surface area (TPSA) is 55.4 Å². The molecule has 144 valence electrons. The van der Waals surface area contributed by atoms with E-state index in [1.165, 1.54) is 19.3 Å². The van der Waals surface area contributed by atoms with Crippen molar-refractivity contribution in [2.45, 2.75) is 63.5 Å². The fourth-order valence-corrected chi connectivity index (χ4v) is 6.62. The van der Waals surface area contributed by atoms with Gasteiger partial charge in [0.25, 0.3) is 0 Å². The van der Waals surface area contributed by atoms with Gasteiger partial charge < -0.3 is 10.1 Å². The number of rotatable bonds is 5. The number of hydrogen-bond donors (Lipinski definition) is 1. The van der Waals surface area contributed by atoms with Crippen molar-refractivity contribution in [3.05, 3.63) is 35.9 Å². The molecule has 0 aromatic heterocycles. The van der Waals surface area contributed by atoms with E-state index in [9.17, 15) is 9.59 Å². The number of alkyl carbamates (subject to hydrolysis) is 1. The molecule has 4 heteroatoms. The van der Waals surface area contributed by atoms with Crippen LogP contribution in [0.2, 0.25) is 0 Å². The Balaban J connectivity index is 1.16. The van der Waals surface area contributed by atoms with Gasteiger partial charge in [0.2, 0.25) is 0 Å². The second kappa shape index (κ2) is 6.35. The first kappa shape index (κ1) is 17.3. The van der Waals surface area contributed by atoms with E-state index in [2.05, 4.69) is 5.32 Å². The van der Waals surface area contributed by atoms with Crippen molar-refractivity contribution in [2.24, 2.45) is 29.6 Å². The first-order valence-electron chi connectivity index (χ1n) is 10.6. The molecule has 6 rings (SSSR count). The molecule has 4 bridgehead atoms. The maximum atomic E-state index is 12.6. The standard InChI is InChI=1S/C23H29NO3/c1-14(19-10-20(19)21(25)18-5-3-2-4-6-18)27-22(26)24-23-11-15-7-16(12-23)9-17(8-15)13-23/h2-6,14-17,19-20H,7-13H2,1H3,(H,24,26)/t14-,15?,16?,17?,19-,20+,23?/m0/s1. The largest absolute Gasteiger partial charge is 0.446 e. The lowest BCUT2D eigenvalue weighted by molar-refractivity contribution is -0.0222. The molecule has 0 aliphatic heterocycles. The van der Waals surface area contributed by atoms with Crippen LogP contribution in [-0.4, -0.2) is 23.5 Å². The van der Waals surface area contributed by atoms with Crippen molar-refractivity contribution in [3.63, 3.8) is 0 Å². The molecule has 5 aliphatic rings. The van der Waals surface area contributed by atoms with Crippen LogP contribution < -0.4 is 5.32 Å². The van der Waals surface area contributed by atoms with Crippen LogP contribution in [0, 0.1) is 29.6 Å². The van der Waals surface area contributed by atoms with Crippen LogP contribution in [0.4, 0.5) is 4.79 Å². The lowest BCUT2D eigenvalue weighted by Gasteiger charge is -2.56. The van der Waals surface area contributed by atoms with Crippen LogP contribution >= 0.6 is 0 Å². The van der Waals surface area contributed by atoms with Crippen molar-refractivity contribution < 1.29 is 14.3 Å². The van der Waals surface area contributed by atoms with Gasteiger partial charge in [0.1, 0.15) is 6.10 Å². The summed E-state index contributed by atoms with van der Waals surface area (Å²) in [6, 6.07) is 9.43. The van der Waals surface area contributed by atoms with Crippen molar-refractivity contribution in [3.8, 4) is 0 Å². The molecule has 0 saturated heterocycles. The highest BCUT2D eigenvalue weighted by Gasteiger charge is 2.52. The van der Waals surface area contributed by atoms with Crippen LogP contribution in [0.5, 0.6) is 0 Å². The summed E-state index contributed by atoms with van der Waals surface area (Å²) in [4.78, 5) is 25.1. The highest BCUT2D eigenvalue weighted by atomic mass is 16.6. The Morgan fingerprint density at radius 2 is 1.59 bits per heavy atom. The van der Waals surface area contributed by atoms with Crippen LogP contribution in [0.25, 0.3) is 0 Å². The molecule has 1 aromatic carbocycles. The smallest absolute Gasteiger partial charge is 0.407 e. The monoisotopic (exact) mass is 367 g/mol. The summed E-state index contributed by atoms with van der Waals surface area (Å²) in [6.07, 6.45) is 7.79. The quantitative estimate of drug-likeness (QED) is 0.775. The number of ketones is 1. The third-order valence-electron chi connectivity index (χ3n) is 7.54. The van der Waals surface area contributed by atoms with Crippen LogP contribution in [0.3, 0.4) is 0 Å². The zero-order valence-corrected chi connectivity index (χ0v) is 16.0. The predicted molar refractivity (Wildman–Crippen MR) is 102 cm³/mol. The second-order valence-electron chi connectivity index (χ2n) is 9.67. The lowest BCUT2D eigenvalue weighted by Crippen LogP contribution is -2.60. The molecule has 1 amide bonds. The van der Waals surface area contributed by atoms with Crippen LogP contribution in [0.1, 0.15) is 62.2 Å². The zero-order valence-electron chi connectivity index (χ0n) is 16.0. The Bertz CT molecular complexity index is 708. The molecule has 5 saturated carbocycles. The highest BCUT2D eigenvalue weighted by Crippen LogP contribution is 2.55. The van der Waals surface area contributed by atoms with E-state index in [-0.39, 0.29) is 35.4 Å². The molecule has 3 atom stereocenters. The Morgan fingerprint density at radius 3 is 2.19 bits per heavy atom. The summed E-state index contributed by atoms with van der Waals surface area (Å²) in [6.45, 7) is 1.93. The highest BCUT2D eigenvalue weighted by molar-refractivity contribution is 5.99. The normalized spacial score (nSPS) is 39.7. The van der Waals surface area contributed by atoms with Crippen molar-refractivity contribution in [2.75, 3.05) is 0 Å². The molecule has 0 radical (unpaired) electrons. The van der Waals surface area contributed by atoms with E-state index in [0.29, 0.717) is 0 Å². The molecule has 0 spiro atoms. The van der Waals surface area contributed by atoms with Gasteiger partial charge in [-0.1, -0.05) is 30.3 Å². The van der Waals surface area contributed by atoms with Crippen LogP contribution in [-0.2, 0) is 4.74 Å². The van der Waals surface area contributed by atoms with Gasteiger partial charge in [-0.3, -0.25) is 4.79 Å². The number of nitrogens with one attached hydrogen (secondary N) is 1. The minimum absolute atomic E-state index is 0.00486. The Labute approximate surface area is 161 Å². The van der Waals surface area contributed by atoms with Crippen molar-refractivity contribution in [1.29, 1.82) is 0 Å². The van der Waals surface area contributed by atoms with Gasteiger partial charge in [0, 0.05) is 22.9 Å². The fraction of sp³-hybridized carbons (Fsp3) is 0.652. The van der Waals surface area contributed by atoms with Crippen LogP contribution in [0.15, 0.2) is 30.3 Å². The average Bonchev–Trinajstić information content (AvgIpc) is 3.41. The molecule has 27 heavy (non-hydrogen) atoms. The van der Waals surface area contributed by atoms with Gasteiger partial charge >= 0.3 is 6.09 Å². The summed E-state index contributed by atoms with van der Waals surface area (Å²) in [7, 11) is 0. The zero-order chi connectivity index (χ0) is 18.6. The summed E-state index contributed by atoms with van der Waals surface area (Å²) in [5.74, 6) is 2.72. The molecule has 5 aliphatic carbocycles. The molecule has 1 aromatic rings. The lowest BCUT2D eigenvalue weighted by atomic mass is 9.53. The first-order chi connectivity index (χ1) is 13.0. The van der Waals surface area contributed by atoms with Gasteiger partial charge in [-0.15, -0.1) is 0 Å². The predicted octanol–water partition coefficient (Wildman–Crippen LogP) is 4.59. The van der Waals surface area contributed by atoms with E-state index in [4.69, 9.17) is 4.74 Å². The number of carbonyl (C=O) groups is 2. The number of hydrogen-bond acceptors (Lipinski definition) is 3. The van der Waals surface area contributed by atoms with Gasteiger partial charge in [-0.2, -0.15) is 0 Å². The summed E-state index contributed by atoms with van der Waals surface area (Å²) in [5.41, 5.74) is 0.740. The minimum Gasteiger partial charge on any atom is -0.446 e. The van der Waals surface area contributed by atoms with Gasteiger partial charge in [-0.25, -0.2) is 4.79 Å². The van der Waals surface area contributed by atoms with Gasteiger partial charge in [0.05, 0.1) is 0 Å². The third-order valence-corrected chi connectivity index (χ3v) is 7.54. The summed E-state index contributed by atoms with van der Waals surface area (Å²) in [5, 5.41) is 3.27. The summed E-state index contributed by atoms with van der Waals surface area (Å²) < 4.78 is 5.73. The fourth-order valence-electron chi connectivity index (χ4n) is 6.62. The van der Waals surface area contributed by atoms with Gasteiger partial charge in [-0.05, 0) is 69.6 Å². The number of Topliss-reactive ketones (excluding diaryl/α,β-unsaturated/α-hetero) is 1. The number of benzene rings is 1. The SMILES string of the molecule is C[C@H](OC(=O)NC12CC3CC(CC(C3)C1)C2)[C@@H]1C[C@H]1C(=O)c1ccccc1. The van der Waals surface area contributed by atoms with E-state index in [1.54, 1.807) is 0 Å². The molecular weight excluding hydrogens is 338 g/mol. The minimum atomic E-state index is -0.276. The average molecular weight is 367 g/mol. The Kier molecular flexibility index (Phi) is 4.06. The van der Waals surface area contributed by atoms with E-state index >= 15 is 0 Å². The number of carbonyl (C=O) groups excluding carboxylic acids is 2. The molecule has 5 fully saturated rings. The Hall–Kier alpha value is -1.84. The van der Waals surface area contributed by atoms with E-state index < -0.39 is 0 Å². The Morgan fingerprint density at radius 1 is 1.00 bits per heavy atom. The molecule has 0 heterocycles. The molecule has 4 nitrogen and oxygen atoms in total. The second-order valence-corrected chi connectivity index (χ2v) is 9.67. The molecular formula is C23H29NO3. The molecule has 0 unspecified atom stereocenters. The maximum absolute atomic E-state index is 12.6. The molecule has 1 N–H and O–H groups in total. The third kappa shape index (κ3) is 3.28. The maximum Gasteiger partial charge on any atom is 0.407 e. The first-order valence-corrected chi connectivity index (χ1v) is 10.6. The van der Waals surface area contributed by atoms with E-state index in [0.717, 1.165) is 49.0 Å².